The zero-order valence-electron chi connectivity index (χ0n) is 15.4. The van der Waals surface area contributed by atoms with E-state index in [1.807, 2.05) is 12.1 Å². The lowest BCUT2D eigenvalue weighted by Crippen LogP contribution is -2.13. The Hall–Kier alpha value is -2.34. The van der Waals surface area contributed by atoms with Gasteiger partial charge in [0.25, 0.3) is 5.91 Å². The molecule has 1 amide bonds. The number of hydrogen-bond donors (Lipinski definition) is 2. The van der Waals surface area contributed by atoms with Crippen LogP contribution in [0.2, 0.25) is 0 Å². The Morgan fingerprint density at radius 3 is 2.37 bits per heavy atom. The van der Waals surface area contributed by atoms with Crippen LogP contribution in [0.1, 0.15) is 48.0 Å². The smallest absolute Gasteiger partial charge is 0.255 e. The van der Waals surface area contributed by atoms with Crippen LogP contribution in [0.4, 0.5) is 5.69 Å². The van der Waals surface area contributed by atoms with E-state index in [1.165, 1.54) is 55.9 Å². The van der Waals surface area contributed by atoms with Crippen LogP contribution in [0, 0.1) is 5.92 Å². The molecule has 0 spiro atoms. The lowest BCUT2D eigenvalue weighted by molar-refractivity contribution is 0.102. The van der Waals surface area contributed by atoms with Gasteiger partial charge in [0.15, 0.2) is 9.84 Å². The molecule has 144 valence electrons. The van der Waals surface area contributed by atoms with Crippen LogP contribution in [0.3, 0.4) is 0 Å². The molecule has 5 nitrogen and oxygen atoms in total. The number of anilines is 1. The minimum absolute atomic E-state index is 0.205. The number of sulfone groups is 1. The summed E-state index contributed by atoms with van der Waals surface area (Å²) >= 11 is 0. The number of nitrogens with one attached hydrogen (secondary N) is 1. The maximum absolute atomic E-state index is 12.4. The second-order valence-corrected chi connectivity index (χ2v) is 9.30. The number of rotatable bonds is 5. The van der Waals surface area contributed by atoms with Gasteiger partial charge in [0.05, 0.1) is 0 Å². The van der Waals surface area contributed by atoms with Crippen molar-refractivity contribution < 1.29 is 18.3 Å². The van der Waals surface area contributed by atoms with Gasteiger partial charge in [-0.3, -0.25) is 4.79 Å². The van der Waals surface area contributed by atoms with Crippen molar-refractivity contribution in [2.45, 2.75) is 43.4 Å². The molecule has 0 radical (unpaired) electrons. The van der Waals surface area contributed by atoms with E-state index < -0.39 is 9.84 Å². The van der Waals surface area contributed by atoms with E-state index in [4.69, 9.17) is 0 Å². The first-order valence-electron chi connectivity index (χ1n) is 9.26. The number of benzene rings is 2. The van der Waals surface area contributed by atoms with E-state index in [9.17, 15) is 18.3 Å². The molecule has 1 saturated carbocycles. The minimum Gasteiger partial charge on any atom is -0.507 e. The average Bonchev–Trinajstić information content (AvgIpc) is 2.64. The molecule has 27 heavy (non-hydrogen) atoms. The zero-order valence-corrected chi connectivity index (χ0v) is 16.3. The first kappa shape index (κ1) is 19.4. The normalized spacial score (nSPS) is 15.4. The molecule has 1 aliphatic carbocycles. The third kappa shape index (κ3) is 5.10. The summed E-state index contributed by atoms with van der Waals surface area (Å²) in [6, 6.07) is 11.6. The van der Waals surface area contributed by atoms with Crippen molar-refractivity contribution in [3.63, 3.8) is 0 Å². The van der Waals surface area contributed by atoms with Crippen LogP contribution < -0.4 is 5.32 Å². The summed E-state index contributed by atoms with van der Waals surface area (Å²) in [4.78, 5) is 12.2. The third-order valence-corrected chi connectivity index (χ3v) is 6.21. The fourth-order valence-electron chi connectivity index (χ4n) is 3.61. The molecule has 3 rings (SSSR count). The average molecular weight is 388 g/mol. The zero-order chi connectivity index (χ0) is 19.4. The van der Waals surface area contributed by atoms with Crippen molar-refractivity contribution in [1.29, 1.82) is 0 Å². The molecule has 6 heteroatoms. The maximum atomic E-state index is 12.4. The minimum atomic E-state index is -3.58. The van der Waals surface area contributed by atoms with Crippen molar-refractivity contribution in [3.8, 4) is 5.75 Å². The number of amides is 1. The van der Waals surface area contributed by atoms with Crippen LogP contribution in [0.25, 0.3) is 0 Å². The Morgan fingerprint density at radius 2 is 1.74 bits per heavy atom. The summed E-state index contributed by atoms with van der Waals surface area (Å²) < 4.78 is 23.4. The first-order chi connectivity index (χ1) is 12.8. The van der Waals surface area contributed by atoms with Crippen LogP contribution >= 0.6 is 0 Å². The molecule has 0 heterocycles. The fraction of sp³-hybridized carbons (Fsp3) is 0.381. The van der Waals surface area contributed by atoms with E-state index in [0.717, 1.165) is 18.6 Å². The van der Waals surface area contributed by atoms with Crippen LogP contribution in [0.15, 0.2) is 47.4 Å². The highest BCUT2D eigenvalue weighted by molar-refractivity contribution is 7.90. The van der Waals surface area contributed by atoms with E-state index >= 15 is 0 Å². The predicted molar refractivity (Wildman–Crippen MR) is 106 cm³/mol. The monoisotopic (exact) mass is 387 g/mol. The first-order valence-corrected chi connectivity index (χ1v) is 11.2. The number of phenols is 1. The van der Waals surface area contributed by atoms with Crippen molar-refractivity contribution in [3.05, 3.63) is 53.6 Å². The van der Waals surface area contributed by atoms with E-state index in [-0.39, 0.29) is 16.6 Å². The number of carbonyl (C=O) groups is 1. The van der Waals surface area contributed by atoms with Crippen LogP contribution in [-0.4, -0.2) is 25.7 Å². The molecule has 2 N–H and O–H groups in total. The summed E-state index contributed by atoms with van der Waals surface area (Å²) in [5, 5.41) is 12.4. The van der Waals surface area contributed by atoms with Gasteiger partial charge in [-0.1, -0.05) is 44.2 Å². The number of hydrogen-bond acceptors (Lipinski definition) is 4. The van der Waals surface area contributed by atoms with Gasteiger partial charge >= 0.3 is 0 Å². The Morgan fingerprint density at radius 1 is 1.07 bits per heavy atom. The van der Waals surface area contributed by atoms with Crippen molar-refractivity contribution in [2.24, 2.45) is 5.92 Å². The second-order valence-electron chi connectivity index (χ2n) is 7.31. The molecule has 0 aliphatic heterocycles. The van der Waals surface area contributed by atoms with Gasteiger partial charge in [0.2, 0.25) is 0 Å². The van der Waals surface area contributed by atoms with E-state index in [2.05, 4.69) is 5.32 Å². The third-order valence-electron chi connectivity index (χ3n) is 5.08. The molecule has 2 aromatic carbocycles. The highest BCUT2D eigenvalue weighted by atomic mass is 32.2. The van der Waals surface area contributed by atoms with Crippen molar-refractivity contribution in [2.75, 3.05) is 11.6 Å². The summed E-state index contributed by atoms with van der Waals surface area (Å²) in [7, 11) is -3.58. The van der Waals surface area contributed by atoms with Gasteiger partial charge in [-0.15, -0.1) is 0 Å². The topological polar surface area (TPSA) is 83.5 Å². The maximum Gasteiger partial charge on any atom is 0.255 e. The second kappa shape index (κ2) is 8.13. The molecule has 0 bridgehead atoms. The fourth-order valence-corrected chi connectivity index (χ4v) is 4.40. The van der Waals surface area contributed by atoms with Gasteiger partial charge in [-0.05, 0) is 48.2 Å². The standard InChI is InChI=1S/C21H25NO4S/c1-27(25,26)20-14-18(11-12-19(20)23)22-21(24)17-9-7-16(8-10-17)13-15-5-3-2-4-6-15/h7-12,14-15,23H,2-6,13H2,1H3,(H,22,24). The summed E-state index contributed by atoms with van der Waals surface area (Å²) in [5.74, 6) is 0.0942. The van der Waals surface area contributed by atoms with Gasteiger partial charge < -0.3 is 10.4 Å². The van der Waals surface area contributed by atoms with E-state index in [1.54, 1.807) is 12.1 Å². The Balaban J connectivity index is 1.67. The molecule has 0 unspecified atom stereocenters. The molecular weight excluding hydrogens is 362 g/mol. The molecule has 1 aliphatic rings. The Labute approximate surface area is 160 Å². The lowest BCUT2D eigenvalue weighted by atomic mass is 9.85. The number of aromatic hydroxyl groups is 1. The highest BCUT2D eigenvalue weighted by Crippen LogP contribution is 2.28. The highest BCUT2D eigenvalue weighted by Gasteiger charge is 2.16. The quantitative estimate of drug-likeness (QED) is 0.754. The summed E-state index contributed by atoms with van der Waals surface area (Å²) in [6.07, 6.45) is 8.60. The molecule has 0 aromatic heterocycles. The van der Waals surface area contributed by atoms with Gasteiger partial charge in [0, 0.05) is 17.5 Å². The van der Waals surface area contributed by atoms with Crippen LogP contribution in [0.5, 0.6) is 5.75 Å². The Bertz CT molecular complexity index is 914. The Kier molecular flexibility index (Phi) is 5.85. The van der Waals surface area contributed by atoms with Crippen molar-refractivity contribution in [1.82, 2.24) is 0 Å². The number of phenolic OH excluding ortho intramolecular Hbond substituents is 1. The SMILES string of the molecule is CS(=O)(=O)c1cc(NC(=O)c2ccc(CC3CCCCC3)cc2)ccc1O. The van der Waals surface area contributed by atoms with Gasteiger partial charge in [-0.25, -0.2) is 8.42 Å². The largest absolute Gasteiger partial charge is 0.507 e. The van der Waals surface area contributed by atoms with Crippen molar-refractivity contribution >= 4 is 21.4 Å². The molecule has 2 aromatic rings. The summed E-state index contributed by atoms with van der Waals surface area (Å²) in [5.41, 5.74) is 2.07. The molecule has 0 atom stereocenters. The molecular formula is C21H25NO4S. The van der Waals surface area contributed by atoms with E-state index in [0.29, 0.717) is 11.3 Å². The van der Waals surface area contributed by atoms with Gasteiger partial charge in [-0.2, -0.15) is 0 Å². The number of carbonyl (C=O) groups excluding carboxylic acids is 1. The van der Waals surface area contributed by atoms with Gasteiger partial charge in [0.1, 0.15) is 10.6 Å². The lowest BCUT2D eigenvalue weighted by Gasteiger charge is -2.21. The summed E-state index contributed by atoms with van der Waals surface area (Å²) in [6.45, 7) is 0. The molecule has 0 saturated heterocycles. The predicted octanol–water partition coefficient (Wildman–Crippen LogP) is 4.17. The van der Waals surface area contributed by atoms with Crippen LogP contribution in [-0.2, 0) is 16.3 Å². The molecule has 1 fully saturated rings.